The Bertz CT molecular complexity index is 54.3. The van der Waals surface area contributed by atoms with E-state index in [2.05, 4.69) is 26.4 Å². The second kappa shape index (κ2) is 6.77. The van der Waals surface area contributed by atoms with Crippen LogP contribution in [0.1, 0.15) is 32.6 Å². The Morgan fingerprint density at radius 2 is 1.78 bits per heavy atom. The van der Waals surface area contributed by atoms with Crippen LogP contribution >= 0.6 is 0 Å². The van der Waals surface area contributed by atoms with E-state index in [1.54, 1.807) is 0 Å². The van der Waals surface area contributed by atoms with Gasteiger partial charge in [-0.1, -0.05) is 38.7 Å². The highest BCUT2D eigenvalue weighted by atomic mass is 29.5. The van der Waals surface area contributed by atoms with Crippen LogP contribution in [0.4, 0.5) is 0 Å². The highest BCUT2D eigenvalue weighted by Gasteiger charge is 1.94. The van der Waals surface area contributed by atoms with Crippen LogP contribution in [0.25, 0.3) is 0 Å². The van der Waals surface area contributed by atoms with Crippen molar-refractivity contribution >= 4 is 27.4 Å². The van der Waals surface area contributed by atoms with Crippen molar-refractivity contribution in [1.82, 2.24) is 0 Å². The molecule has 0 heterocycles. The van der Waals surface area contributed by atoms with Crippen LogP contribution in [0.3, 0.4) is 0 Å². The Hall–Kier alpha value is 0.651. The molecule has 0 aliphatic heterocycles. The maximum Gasteiger partial charge on any atom is 0.0144 e. The van der Waals surface area contributed by atoms with E-state index in [0.717, 1.165) is 0 Å². The lowest BCUT2D eigenvalue weighted by atomic mass is 10.2. The van der Waals surface area contributed by atoms with Crippen molar-refractivity contribution in [3.05, 3.63) is 0 Å². The second-order valence-electron chi connectivity index (χ2n) is 2.29. The van der Waals surface area contributed by atoms with Crippen LogP contribution in [-0.4, -0.2) is 27.4 Å². The topological polar surface area (TPSA) is 0 Å². The van der Waals surface area contributed by atoms with Crippen LogP contribution < -0.4 is 0 Å². The minimum atomic E-state index is -0.304. The minimum Gasteiger partial charge on any atom is -0.0654 e. The molecule has 0 bridgehead atoms. The van der Waals surface area contributed by atoms with E-state index < -0.39 is 0 Å². The Morgan fingerprint density at radius 1 is 1.11 bits per heavy atom. The van der Waals surface area contributed by atoms with Crippen molar-refractivity contribution in [3.8, 4) is 0 Å². The zero-order valence-electron chi connectivity index (χ0n) is 6.04. The summed E-state index contributed by atoms with van der Waals surface area (Å²) in [5.74, 6) is 0. The quantitative estimate of drug-likeness (QED) is 0.431. The lowest BCUT2D eigenvalue weighted by Crippen LogP contribution is -2.11. The van der Waals surface area contributed by atoms with Gasteiger partial charge in [0.2, 0.25) is 0 Å². The highest BCUT2D eigenvalue weighted by Crippen LogP contribution is 2.02. The van der Waals surface area contributed by atoms with Gasteiger partial charge in [0.1, 0.15) is 0 Å². The number of hydrogen-bond donors (Lipinski definition) is 0. The fourth-order valence-electron chi connectivity index (χ4n) is 0.729. The van der Waals surface area contributed by atoms with Gasteiger partial charge in [-0.05, 0) is 0 Å². The van der Waals surface area contributed by atoms with Crippen molar-refractivity contribution in [1.29, 1.82) is 0 Å². The molecule has 0 aromatic carbocycles. The monoisotopic (exact) mass is 169 g/mol. The molecule has 0 aliphatic carbocycles. The van der Waals surface area contributed by atoms with Gasteiger partial charge in [-0.3, -0.25) is 0 Å². The largest absolute Gasteiger partial charge is 0.0654 e. The molecule has 0 unspecified atom stereocenters. The molecule has 0 saturated heterocycles. The van der Waals surface area contributed by atoms with Crippen molar-refractivity contribution in [2.24, 2.45) is 0 Å². The summed E-state index contributed by atoms with van der Waals surface area (Å²) in [4.78, 5) is 0. The summed E-state index contributed by atoms with van der Waals surface area (Å²) < 4.78 is 0. The van der Waals surface area contributed by atoms with E-state index in [0.29, 0.717) is 0 Å². The summed E-state index contributed by atoms with van der Waals surface area (Å²) in [5, 5.41) is 0. The normalized spacial score (nSPS) is 10.7. The van der Waals surface area contributed by atoms with Gasteiger partial charge in [0.05, 0.1) is 0 Å². The predicted molar refractivity (Wildman–Crippen MR) is 46.2 cm³/mol. The van der Waals surface area contributed by atoms with Crippen LogP contribution in [0.15, 0.2) is 0 Å². The van der Waals surface area contributed by atoms with Gasteiger partial charge in [0.15, 0.2) is 0 Å². The fourth-order valence-corrected chi connectivity index (χ4v) is 2.39. The van der Waals surface area contributed by atoms with Gasteiger partial charge in [-0.25, -0.2) is 0 Å². The van der Waals surface area contributed by atoms with E-state index in [1.165, 1.54) is 31.7 Å². The Kier molecular flexibility index (Phi) is 7.26. The van der Waals surface area contributed by atoms with E-state index >= 15 is 0 Å². The maximum atomic E-state index is 3.59. The molecule has 0 aromatic heterocycles. The summed E-state index contributed by atoms with van der Waals surface area (Å²) in [6.45, 7) is 2.24. The van der Waals surface area contributed by atoms with Crippen LogP contribution in [0, 0.1) is 0 Å². The van der Waals surface area contributed by atoms with Gasteiger partial charge in [0.25, 0.3) is 0 Å². The summed E-state index contributed by atoms with van der Waals surface area (Å²) in [7, 11) is 6.87. The van der Waals surface area contributed by atoms with E-state index in [4.69, 9.17) is 0 Å². The molecule has 3 heteroatoms. The summed E-state index contributed by atoms with van der Waals surface area (Å²) >= 11 is 0. The molecule has 0 saturated carbocycles. The first-order chi connectivity index (χ1) is 4.27. The van der Waals surface area contributed by atoms with Crippen molar-refractivity contribution in [2.75, 3.05) is 0 Å². The van der Waals surface area contributed by atoms with E-state index in [9.17, 15) is 0 Å². The van der Waals surface area contributed by atoms with E-state index in [1.807, 2.05) is 0 Å². The number of hydrogen-bond acceptors (Lipinski definition) is 0. The molecule has 0 aromatic rings. The zero-order valence-corrected chi connectivity index (χ0v) is 9.04. The summed E-state index contributed by atoms with van der Waals surface area (Å²) in [6, 6.07) is 1.35. The van der Waals surface area contributed by atoms with E-state index in [-0.39, 0.29) is 7.83 Å². The SMILES string of the molecule is CCCCCC[Si]([Si])[Si]. The van der Waals surface area contributed by atoms with Crippen molar-refractivity contribution < 1.29 is 0 Å². The summed E-state index contributed by atoms with van der Waals surface area (Å²) in [5.41, 5.74) is 0. The lowest BCUT2D eigenvalue weighted by molar-refractivity contribution is 0.701. The number of unbranched alkanes of at least 4 members (excludes halogenated alkanes) is 3. The Labute approximate surface area is 66.5 Å². The fraction of sp³-hybridized carbons (Fsp3) is 1.00. The first kappa shape index (κ1) is 9.65. The minimum absolute atomic E-state index is 0.304. The Balaban J connectivity index is 2.75. The molecule has 0 spiro atoms. The van der Waals surface area contributed by atoms with Gasteiger partial charge in [0, 0.05) is 27.4 Å². The molecular formula is C6H13Si3. The standard InChI is InChI=1S/C6H13Si3/c1-2-3-4-5-6-9(7)8/h2-6H2,1H3. The molecule has 0 N–H and O–H groups in total. The van der Waals surface area contributed by atoms with Crippen molar-refractivity contribution in [3.63, 3.8) is 0 Å². The molecule has 0 amide bonds. The first-order valence-corrected chi connectivity index (χ1v) is 8.27. The van der Waals surface area contributed by atoms with Gasteiger partial charge < -0.3 is 0 Å². The molecule has 0 atom stereocenters. The summed E-state index contributed by atoms with van der Waals surface area (Å²) in [6.07, 6.45) is 5.52. The van der Waals surface area contributed by atoms with Gasteiger partial charge >= 0.3 is 0 Å². The van der Waals surface area contributed by atoms with Crippen LogP contribution in [0.2, 0.25) is 6.04 Å². The molecule has 0 aliphatic rings. The van der Waals surface area contributed by atoms with Crippen LogP contribution in [-0.2, 0) is 0 Å². The molecule has 0 fully saturated rings. The molecule has 7 radical (unpaired) electrons. The molecule has 9 heavy (non-hydrogen) atoms. The predicted octanol–water partition coefficient (Wildman–Crippen LogP) is 1.39. The van der Waals surface area contributed by atoms with Crippen molar-refractivity contribution in [2.45, 2.75) is 38.7 Å². The van der Waals surface area contributed by atoms with Crippen LogP contribution in [0.5, 0.6) is 0 Å². The van der Waals surface area contributed by atoms with Gasteiger partial charge in [-0.2, -0.15) is 0 Å². The third-order valence-corrected chi connectivity index (χ3v) is 3.63. The Morgan fingerprint density at radius 3 is 2.22 bits per heavy atom. The highest BCUT2D eigenvalue weighted by molar-refractivity contribution is 7.29. The lowest BCUT2D eigenvalue weighted by Gasteiger charge is -2.00. The average Bonchev–Trinajstić information content (AvgIpc) is 1.80. The average molecular weight is 169 g/mol. The molecule has 0 nitrogen and oxygen atoms in total. The maximum absolute atomic E-state index is 3.59. The molecule has 49 valence electrons. The van der Waals surface area contributed by atoms with Gasteiger partial charge in [-0.15, -0.1) is 0 Å². The number of rotatable bonds is 5. The third kappa shape index (κ3) is 8.65. The zero-order chi connectivity index (χ0) is 7.11. The molecular weight excluding hydrogens is 156 g/mol. The first-order valence-electron chi connectivity index (χ1n) is 3.56. The second-order valence-corrected chi connectivity index (χ2v) is 8.87. The third-order valence-electron chi connectivity index (χ3n) is 1.28. The smallest absolute Gasteiger partial charge is 0.0144 e. The molecule has 0 rings (SSSR count).